The van der Waals surface area contributed by atoms with E-state index in [2.05, 4.69) is 0 Å². The van der Waals surface area contributed by atoms with Crippen LogP contribution < -0.4 is 0 Å². The Balaban J connectivity index is 1.79. The summed E-state index contributed by atoms with van der Waals surface area (Å²) in [5.74, 6) is 0. The van der Waals surface area contributed by atoms with E-state index in [1.165, 1.54) is 6.42 Å². The molecule has 0 bridgehead atoms. The van der Waals surface area contributed by atoms with Gasteiger partial charge in [-0.15, -0.1) is 0 Å². The van der Waals surface area contributed by atoms with Gasteiger partial charge in [-0.25, -0.2) is 4.79 Å². The minimum atomic E-state index is -0.186. The molecule has 4 nitrogen and oxygen atoms in total. The van der Waals surface area contributed by atoms with Crippen LogP contribution in [0.3, 0.4) is 0 Å². The SMILES string of the molecule is O=C1OCCN1CC1CCCCO1. The van der Waals surface area contributed by atoms with Crippen molar-refractivity contribution in [1.82, 2.24) is 4.90 Å². The molecule has 2 rings (SSSR count). The Hall–Kier alpha value is -0.770. The van der Waals surface area contributed by atoms with E-state index in [0.29, 0.717) is 13.2 Å². The van der Waals surface area contributed by atoms with Gasteiger partial charge < -0.3 is 14.4 Å². The first-order valence-corrected chi connectivity index (χ1v) is 4.89. The number of amides is 1. The van der Waals surface area contributed by atoms with Crippen LogP contribution >= 0.6 is 0 Å². The number of ether oxygens (including phenoxy) is 2. The summed E-state index contributed by atoms with van der Waals surface area (Å²) < 4.78 is 10.4. The molecular weight excluding hydrogens is 170 g/mol. The average molecular weight is 185 g/mol. The number of carbonyl (C=O) groups is 1. The third kappa shape index (κ3) is 2.12. The maximum absolute atomic E-state index is 11.1. The molecule has 2 aliphatic heterocycles. The van der Waals surface area contributed by atoms with Crippen LogP contribution in [-0.2, 0) is 9.47 Å². The minimum Gasteiger partial charge on any atom is -0.448 e. The van der Waals surface area contributed by atoms with Gasteiger partial charge in [-0.1, -0.05) is 0 Å². The molecule has 2 fully saturated rings. The van der Waals surface area contributed by atoms with E-state index in [9.17, 15) is 4.79 Å². The van der Waals surface area contributed by atoms with Gasteiger partial charge in [0.15, 0.2) is 0 Å². The van der Waals surface area contributed by atoms with E-state index in [1.807, 2.05) is 0 Å². The van der Waals surface area contributed by atoms with Crippen molar-refractivity contribution in [3.63, 3.8) is 0 Å². The Morgan fingerprint density at radius 1 is 1.38 bits per heavy atom. The monoisotopic (exact) mass is 185 g/mol. The molecule has 0 aromatic carbocycles. The van der Waals surface area contributed by atoms with Gasteiger partial charge in [-0.2, -0.15) is 0 Å². The van der Waals surface area contributed by atoms with Gasteiger partial charge in [-0.3, -0.25) is 0 Å². The van der Waals surface area contributed by atoms with Crippen molar-refractivity contribution >= 4 is 6.09 Å². The van der Waals surface area contributed by atoms with Crippen molar-refractivity contribution in [2.75, 3.05) is 26.3 Å². The second-order valence-corrected chi connectivity index (χ2v) is 3.55. The first-order valence-electron chi connectivity index (χ1n) is 4.89. The van der Waals surface area contributed by atoms with Crippen molar-refractivity contribution < 1.29 is 14.3 Å². The smallest absolute Gasteiger partial charge is 0.410 e. The van der Waals surface area contributed by atoms with Gasteiger partial charge in [0.1, 0.15) is 6.61 Å². The Morgan fingerprint density at radius 3 is 2.92 bits per heavy atom. The Bertz CT molecular complexity index is 189. The van der Waals surface area contributed by atoms with E-state index in [1.54, 1.807) is 4.90 Å². The molecule has 0 radical (unpaired) electrons. The number of cyclic esters (lactones) is 1. The van der Waals surface area contributed by atoms with Gasteiger partial charge in [0.25, 0.3) is 0 Å². The quantitative estimate of drug-likeness (QED) is 0.644. The van der Waals surface area contributed by atoms with Crippen LogP contribution in [0.4, 0.5) is 4.79 Å². The standard InChI is InChI=1S/C9H15NO3/c11-9-10(4-6-13-9)7-8-3-1-2-5-12-8/h8H,1-7H2. The summed E-state index contributed by atoms with van der Waals surface area (Å²) in [7, 11) is 0. The van der Waals surface area contributed by atoms with Crippen LogP contribution in [0.2, 0.25) is 0 Å². The molecule has 13 heavy (non-hydrogen) atoms. The molecular formula is C9H15NO3. The van der Waals surface area contributed by atoms with Gasteiger partial charge in [0.2, 0.25) is 0 Å². The summed E-state index contributed by atoms with van der Waals surface area (Å²) in [6.45, 7) is 2.80. The molecule has 1 atom stereocenters. The first-order chi connectivity index (χ1) is 6.36. The maximum Gasteiger partial charge on any atom is 0.410 e. The van der Waals surface area contributed by atoms with Crippen molar-refractivity contribution in [3.05, 3.63) is 0 Å². The highest BCUT2D eigenvalue weighted by Gasteiger charge is 2.26. The Morgan fingerprint density at radius 2 is 2.31 bits per heavy atom. The maximum atomic E-state index is 11.1. The third-order valence-corrected chi connectivity index (χ3v) is 2.54. The van der Waals surface area contributed by atoms with Gasteiger partial charge in [0.05, 0.1) is 19.2 Å². The zero-order chi connectivity index (χ0) is 9.10. The van der Waals surface area contributed by atoms with Crippen molar-refractivity contribution in [2.24, 2.45) is 0 Å². The number of rotatable bonds is 2. The zero-order valence-corrected chi connectivity index (χ0v) is 7.70. The topological polar surface area (TPSA) is 38.8 Å². The second kappa shape index (κ2) is 3.96. The van der Waals surface area contributed by atoms with Crippen LogP contribution in [0.15, 0.2) is 0 Å². The molecule has 0 saturated carbocycles. The fourth-order valence-electron chi connectivity index (χ4n) is 1.79. The largest absolute Gasteiger partial charge is 0.448 e. The highest BCUT2D eigenvalue weighted by atomic mass is 16.6. The van der Waals surface area contributed by atoms with Crippen molar-refractivity contribution in [1.29, 1.82) is 0 Å². The third-order valence-electron chi connectivity index (χ3n) is 2.54. The predicted octanol–water partition coefficient (Wildman–Crippen LogP) is 1.01. The molecule has 1 amide bonds. The van der Waals surface area contributed by atoms with Crippen molar-refractivity contribution in [2.45, 2.75) is 25.4 Å². The Kier molecular flexibility index (Phi) is 2.68. The normalized spacial score (nSPS) is 29.1. The molecule has 2 aliphatic rings. The van der Waals surface area contributed by atoms with Crippen LogP contribution in [0.5, 0.6) is 0 Å². The highest BCUT2D eigenvalue weighted by Crippen LogP contribution is 2.15. The van der Waals surface area contributed by atoms with Crippen molar-refractivity contribution in [3.8, 4) is 0 Å². The van der Waals surface area contributed by atoms with E-state index in [-0.39, 0.29) is 12.2 Å². The number of carbonyl (C=O) groups excluding carboxylic acids is 1. The van der Waals surface area contributed by atoms with E-state index < -0.39 is 0 Å². The van der Waals surface area contributed by atoms with E-state index in [4.69, 9.17) is 9.47 Å². The van der Waals surface area contributed by atoms with Crippen LogP contribution in [-0.4, -0.2) is 43.4 Å². The number of nitrogens with zero attached hydrogens (tertiary/aromatic N) is 1. The minimum absolute atomic E-state index is 0.186. The van der Waals surface area contributed by atoms with Crippen LogP contribution in [0, 0.1) is 0 Å². The average Bonchev–Trinajstić information content (AvgIpc) is 2.54. The van der Waals surface area contributed by atoms with Gasteiger partial charge in [0, 0.05) is 6.61 Å². The number of hydrogen-bond donors (Lipinski definition) is 0. The molecule has 0 aliphatic carbocycles. The van der Waals surface area contributed by atoms with E-state index in [0.717, 1.165) is 26.0 Å². The number of hydrogen-bond acceptors (Lipinski definition) is 3. The fraction of sp³-hybridized carbons (Fsp3) is 0.889. The lowest BCUT2D eigenvalue weighted by Crippen LogP contribution is -2.36. The lowest BCUT2D eigenvalue weighted by atomic mass is 10.1. The molecule has 74 valence electrons. The van der Waals surface area contributed by atoms with E-state index >= 15 is 0 Å². The van der Waals surface area contributed by atoms with Crippen LogP contribution in [0.1, 0.15) is 19.3 Å². The summed E-state index contributed by atoms with van der Waals surface area (Å²) in [5.41, 5.74) is 0. The molecule has 4 heteroatoms. The van der Waals surface area contributed by atoms with Gasteiger partial charge >= 0.3 is 6.09 Å². The summed E-state index contributed by atoms with van der Waals surface area (Å²) in [6, 6.07) is 0. The van der Waals surface area contributed by atoms with Crippen LogP contribution in [0.25, 0.3) is 0 Å². The Labute approximate surface area is 77.8 Å². The molecule has 2 heterocycles. The zero-order valence-electron chi connectivity index (χ0n) is 7.70. The molecule has 0 N–H and O–H groups in total. The molecule has 0 spiro atoms. The summed E-state index contributed by atoms with van der Waals surface area (Å²) >= 11 is 0. The molecule has 1 unspecified atom stereocenters. The highest BCUT2D eigenvalue weighted by molar-refractivity contribution is 5.69. The molecule has 0 aromatic rings. The fourth-order valence-corrected chi connectivity index (χ4v) is 1.79. The molecule has 0 aromatic heterocycles. The first kappa shape index (κ1) is 8.81. The molecule has 2 saturated heterocycles. The lowest BCUT2D eigenvalue weighted by Gasteiger charge is -2.25. The summed E-state index contributed by atoms with van der Waals surface area (Å²) in [5, 5.41) is 0. The predicted molar refractivity (Wildman–Crippen MR) is 46.5 cm³/mol. The lowest BCUT2D eigenvalue weighted by molar-refractivity contribution is 0.00225. The van der Waals surface area contributed by atoms with Gasteiger partial charge in [-0.05, 0) is 19.3 Å². The summed E-state index contributed by atoms with van der Waals surface area (Å²) in [4.78, 5) is 12.8. The summed E-state index contributed by atoms with van der Waals surface area (Å²) in [6.07, 6.45) is 3.49. The second-order valence-electron chi connectivity index (χ2n) is 3.55.